The minimum absolute atomic E-state index is 0.0696. The Hall–Kier alpha value is -1.85. The third kappa shape index (κ3) is 4.31. The van der Waals surface area contributed by atoms with Crippen molar-refractivity contribution in [2.24, 2.45) is 11.8 Å². The zero-order chi connectivity index (χ0) is 15.2. The van der Waals surface area contributed by atoms with E-state index in [1.54, 1.807) is 0 Å². The Balaban J connectivity index is 2.05. The smallest absolute Gasteiger partial charge is 0.276 e. The number of hydrogen-bond acceptors (Lipinski definition) is 5. The molecule has 2 N–H and O–H groups in total. The number of rotatable bonds is 6. The molecule has 1 heterocycles. The largest absolute Gasteiger partial charge is 0.370 e. The molecule has 1 fully saturated rings. The second-order valence-corrected chi connectivity index (χ2v) is 5.79. The molecule has 0 aliphatic heterocycles. The molecule has 1 aliphatic carbocycles. The zero-order valence-electron chi connectivity index (χ0n) is 12.8. The molecule has 6 nitrogen and oxygen atoms in total. The molecule has 1 saturated carbocycles. The summed E-state index contributed by atoms with van der Waals surface area (Å²) >= 11 is 0. The van der Waals surface area contributed by atoms with Crippen LogP contribution in [0.2, 0.25) is 0 Å². The van der Waals surface area contributed by atoms with Crippen molar-refractivity contribution in [1.82, 2.24) is 4.98 Å². The number of anilines is 2. The molecule has 1 aromatic rings. The van der Waals surface area contributed by atoms with Crippen molar-refractivity contribution >= 4 is 17.3 Å². The standard InChI is InChI=1S/C15H24N4O2/c1-3-16-14-8-13(19(20)21)9-15(18-14)17-10-12-7-5-4-6-11(12)2/h8-9,11-12H,3-7,10H2,1-2H3,(H2,16,17,18). The van der Waals surface area contributed by atoms with Crippen molar-refractivity contribution < 1.29 is 4.92 Å². The molecule has 6 heteroatoms. The normalized spacial score (nSPS) is 21.8. The lowest BCUT2D eigenvalue weighted by molar-refractivity contribution is -0.384. The fourth-order valence-electron chi connectivity index (χ4n) is 2.92. The van der Waals surface area contributed by atoms with E-state index in [9.17, 15) is 10.1 Å². The van der Waals surface area contributed by atoms with Crippen LogP contribution in [0.4, 0.5) is 17.3 Å². The molecule has 0 radical (unpaired) electrons. The van der Waals surface area contributed by atoms with Crippen LogP contribution in [0, 0.1) is 22.0 Å². The van der Waals surface area contributed by atoms with E-state index in [0.29, 0.717) is 30.0 Å². The number of nitrogens with one attached hydrogen (secondary N) is 2. The molecular formula is C15H24N4O2. The van der Waals surface area contributed by atoms with Gasteiger partial charge in [0.25, 0.3) is 5.69 Å². The number of nitro groups is 1. The van der Waals surface area contributed by atoms with Crippen LogP contribution in [0.25, 0.3) is 0 Å². The predicted molar refractivity (Wildman–Crippen MR) is 84.7 cm³/mol. The fraction of sp³-hybridized carbons (Fsp3) is 0.667. The topological polar surface area (TPSA) is 80.1 Å². The highest BCUT2D eigenvalue weighted by atomic mass is 16.6. The van der Waals surface area contributed by atoms with Crippen molar-refractivity contribution in [3.05, 3.63) is 22.2 Å². The number of hydrogen-bond donors (Lipinski definition) is 2. The van der Waals surface area contributed by atoms with Gasteiger partial charge in [-0.15, -0.1) is 0 Å². The van der Waals surface area contributed by atoms with Crippen LogP contribution in [-0.2, 0) is 0 Å². The van der Waals surface area contributed by atoms with Crippen LogP contribution in [0.3, 0.4) is 0 Å². The molecule has 0 aromatic carbocycles. The maximum atomic E-state index is 11.0. The van der Waals surface area contributed by atoms with Gasteiger partial charge < -0.3 is 10.6 Å². The summed E-state index contributed by atoms with van der Waals surface area (Å²) in [5.41, 5.74) is 0.0696. The first-order valence-corrected chi connectivity index (χ1v) is 7.74. The Bertz CT molecular complexity index is 493. The van der Waals surface area contributed by atoms with Gasteiger partial charge >= 0.3 is 0 Å². The van der Waals surface area contributed by atoms with Crippen LogP contribution >= 0.6 is 0 Å². The molecule has 0 bridgehead atoms. The molecule has 1 aliphatic rings. The highest BCUT2D eigenvalue weighted by molar-refractivity contribution is 5.54. The second kappa shape index (κ2) is 7.24. The van der Waals surface area contributed by atoms with Gasteiger partial charge in [0.05, 0.1) is 17.1 Å². The predicted octanol–water partition coefficient (Wildman–Crippen LogP) is 3.66. The van der Waals surface area contributed by atoms with Gasteiger partial charge in [0, 0.05) is 13.1 Å². The summed E-state index contributed by atoms with van der Waals surface area (Å²) < 4.78 is 0. The van der Waals surface area contributed by atoms with Gasteiger partial charge in [-0.1, -0.05) is 26.2 Å². The van der Waals surface area contributed by atoms with E-state index in [2.05, 4.69) is 22.5 Å². The van der Waals surface area contributed by atoms with E-state index in [-0.39, 0.29) is 10.6 Å². The maximum absolute atomic E-state index is 11.0. The van der Waals surface area contributed by atoms with Gasteiger partial charge in [-0.2, -0.15) is 0 Å². The quantitative estimate of drug-likeness (QED) is 0.618. The minimum Gasteiger partial charge on any atom is -0.370 e. The van der Waals surface area contributed by atoms with Crippen LogP contribution < -0.4 is 10.6 Å². The van der Waals surface area contributed by atoms with Crippen molar-refractivity contribution in [3.63, 3.8) is 0 Å². The van der Waals surface area contributed by atoms with Gasteiger partial charge in [0.15, 0.2) is 0 Å². The Kier molecular flexibility index (Phi) is 5.36. The number of aromatic nitrogens is 1. The molecule has 21 heavy (non-hydrogen) atoms. The van der Waals surface area contributed by atoms with E-state index in [4.69, 9.17) is 0 Å². The molecule has 2 rings (SSSR count). The monoisotopic (exact) mass is 292 g/mol. The van der Waals surface area contributed by atoms with Crippen molar-refractivity contribution in [2.45, 2.75) is 39.5 Å². The average molecular weight is 292 g/mol. The SMILES string of the molecule is CCNc1cc([N+](=O)[O-])cc(NCC2CCCCC2C)n1. The number of pyridine rings is 1. The minimum atomic E-state index is -0.378. The second-order valence-electron chi connectivity index (χ2n) is 5.79. The van der Waals surface area contributed by atoms with Gasteiger partial charge in [-0.3, -0.25) is 10.1 Å². The summed E-state index contributed by atoms with van der Waals surface area (Å²) in [6.07, 6.45) is 5.10. The van der Waals surface area contributed by atoms with Gasteiger partial charge in [-0.25, -0.2) is 4.98 Å². The van der Waals surface area contributed by atoms with Crippen LogP contribution in [0.5, 0.6) is 0 Å². The van der Waals surface area contributed by atoms with Gasteiger partial charge in [-0.05, 0) is 25.2 Å². The zero-order valence-corrected chi connectivity index (χ0v) is 12.8. The van der Waals surface area contributed by atoms with Crippen molar-refractivity contribution in [2.75, 3.05) is 23.7 Å². The molecule has 0 saturated heterocycles. The van der Waals surface area contributed by atoms with Crippen molar-refractivity contribution in [1.29, 1.82) is 0 Å². The maximum Gasteiger partial charge on any atom is 0.276 e. The Morgan fingerprint density at radius 2 is 1.95 bits per heavy atom. The van der Waals surface area contributed by atoms with Crippen molar-refractivity contribution in [3.8, 4) is 0 Å². The van der Waals surface area contributed by atoms with E-state index in [1.165, 1.54) is 37.8 Å². The Morgan fingerprint density at radius 1 is 1.29 bits per heavy atom. The van der Waals surface area contributed by atoms with E-state index < -0.39 is 0 Å². The van der Waals surface area contributed by atoms with Crippen LogP contribution in [-0.4, -0.2) is 23.0 Å². The summed E-state index contributed by atoms with van der Waals surface area (Å²) in [5, 5.41) is 17.3. The number of nitrogens with zero attached hydrogens (tertiary/aromatic N) is 2. The first-order chi connectivity index (χ1) is 10.1. The Labute approximate surface area is 125 Å². The highest BCUT2D eigenvalue weighted by Crippen LogP contribution is 2.30. The van der Waals surface area contributed by atoms with Crippen LogP contribution in [0.15, 0.2) is 12.1 Å². The van der Waals surface area contributed by atoms with Gasteiger partial charge in [0.1, 0.15) is 11.6 Å². The first-order valence-electron chi connectivity index (χ1n) is 7.74. The fourth-order valence-corrected chi connectivity index (χ4v) is 2.92. The molecule has 1 aromatic heterocycles. The lowest BCUT2D eigenvalue weighted by Gasteiger charge is -2.28. The van der Waals surface area contributed by atoms with E-state index in [1.807, 2.05) is 6.92 Å². The molecule has 116 valence electrons. The summed E-state index contributed by atoms with van der Waals surface area (Å²) in [5.74, 6) is 2.46. The third-order valence-corrected chi connectivity index (χ3v) is 4.21. The molecule has 2 atom stereocenters. The summed E-state index contributed by atoms with van der Waals surface area (Å²) in [7, 11) is 0. The third-order valence-electron chi connectivity index (χ3n) is 4.21. The van der Waals surface area contributed by atoms with Crippen LogP contribution in [0.1, 0.15) is 39.5 Å². The molecule has 0 spiro atoms. The summed E-state index contributed by atoms with van der Waals surface area (Å²) in [6, 6.07) is 2.98. The summed E-state index contributed by atoms with van der Waals surface area (Å²) in [4.78, 5) is 15.0. The lowest BCUT2D eigenvalue weighted by Crippen LogP contribution is -2.24. The lowest BCUT2D eigenvalue weighted by atomic mass is 9.80. The molecule has 0 amide bonds. The highest BCUT2D eigenvalue weighted by Gasteiger charge is 2.21. The van der Waals surface area contributed by atoms with Gasteiger partial charge in [0.2, 0.25) is 0 Å². The first kappa shape index (κ1) is 15.5. The molecular weight excluding hydrogens is 268 g/mol. The van der Waals surface area contributed by atoms with E-state index in [0.717, 1.165) is 6.54 Å². The average Bonchev–Trinajstić information content (AvgIpc) is 2.46. The summed E-state index contributed by atoms with van der Waals surface area (Å²) in [6.45, 7) is 5.75. The Morgan fingerprint density at radius 3 is 2.57 bits per heavy atom. The molecule has 2 unspecified atom stereocenters. The van der Waals surface area contributed by atoms with E-state index >= 15 is 0 Å².